The molecule has 0 spiro atoms. The molecule has 5 heterocycles. The highest BCUT2D eigenvalue weighted by Gasteiger charge is 2.46. The van der Waals surface area contributed by atoms with Crippen LogP contribution in [0.2, 0.25) is 0 Å². The van der Waals surface area contributed by atoms with Gasteiger partial charge in [0.2, 0.25) is 0 Å². The Labute approximate surface area is 496 Å². The molecular weight excluding hydrogens is 1030 g/mol. The molecule has 12 aromatic carbocycles. The second kappa shape index (κ2) is 18.2. The third-order valence-electron chi connectivity index (χ3n) is 18.7. The van der Waals surface area contributed by atoms with E-state index in [1.807, 2.05) is 0 Å². The van der Waals surface area contributed by atoms with Gasteiger partial charge in [-0.1, -0.05) is 236 Å². The standard InChI is InChI=1S/C80H61BN4/c1-79(2,3)53-41-37-51(38-42-53)57-32-22-33-58(52-39-43-54(44-40-52)80(4,5)6)76(57)84-69-46-45-59(50-23-10-7-11-24-50)77-74(69)81(65-49-70-63(47-71(65)84)60-29-16-19-34-66(60)82(70)55-25-12-8-13-26-55)75-73-62-31-18-21-36-68(62)83(56-27-14-9-15-28-56)72(73)48-64-61-30-17-20-35-67(61)85(77)78(64)75/h7-49H,1-6H3. The molecule has 404 valence electrons. The topological polar surface area (TPSA) is 18.0 Å². The van der Waals surface area contributed by atoms with Gasteiger partial charge >= 0.3 is 0 Å². The molecule has 0 N–H and O–H groups in total. The van der Waals surface area contributed by atoms with Crippen LogP contribution in [-0.2, 0) is 10.8 Å². The molecule has 0 saturated carbocycles. The lowest BCUT2D eigenvalue weighted by Crippen LogP contribution is -2.60. The van der Waals surface area contributed by atoms with Crippen LogP contribution in [0.25, 0.3) is 116 Å². The number of para-hydroxylation sites is 6. The van der Waals surface area contributed by atoms with Crippen molar-refractivity contribution in [1.82, 2.24) is 13.7 Å². The second-order valence-corrected chi connectivity index (χ2v) is 25.6. The number of hydrogen-bond donors (Lipinski definition) is 0. The summed E-state index contributed by atoms with van der Waals surface area (Å²) in [5.41, 5.74) is 27.8. The maximum absolute atomic E-state index is 2.70. The van der Waals surface area contributed by atoms with Crippen molar-refractivity contribution in [3.05, 3.63) is 272 Å². The van der Waals surface area contributed by atoms with Gasteiger partial charge in [0, 0.05) is 71.8 Å². The number of rotatable bonds is 6. The minimum absolute atomic E-state index is 0.00807. The monoisotopic (exact) mass is 1090 g/mol. The van der Waals surface area contributed by atoms with Gasteiger partial charge in [-0.2, -0.15) is 0 Å². The third-order valence-corrected chi connectivity index (χ3v) is 18.7. The summed E-state index contributed by atoms with van der Waals surface area (Å²) in [5, 5.41) is 7.45. The summed E-state index contributed by atoms with van der Waals surface area (Å²) in [7, 11) is 0. The largest absolute Gasteiger partial charge is 0.310 e. The zero-order valence-electron chi connectivity index (χ0n) is 48.7. The van der Waals surface area contributed by atoms with E-state index >= 15 is 0 Å². The van der Waals surface area contributed by atoms with Crippen molar-refractivity contribution in [2.45, 2.75) is 52.4 Å². The van der Waals surface area contributed by atoms with Gasteiger partial charge in [0.1, 0.15) is 0 Å². The molecule has 0 fully saturated rings. The highest BCUT2D eigenvalue weighted by atomic mass is 15.2. The van der Waals surface area contributed by atoms with Crippen molar-refractivity contribution in [3.63, 3.8) is 0 Å². The molecule has 15 aromatic rings. The van der Waals surface area contributed by atoms with E-state index in [2.05, 4.69) is 321 Å². The smallest absolute Gasteiger partial charge is 0.253 e. The number of aromatic nitrogens is 3. The van der Waals surface area contributed by atoms with Gasteiger partial charge in [-0.25, -0.2) is 0 Å². The van der Waals surface area contributed by atoms with Crippen LogP contribution in [-0.4, -0.2) is 20.4 Å². The minimum atomic E-state index is -0.225. The van der Waals surface area contributed by atoms with Crippen molar-refractivity contribution in [2.75, 3.05) is 4.90 Å². The lowest BCUT2D eigenvalue weighted by atomic mass is 9.33. The lowest BCUT2D eigenvalue weighted by molar-refractivity contribution is 0.590. The summed E-state index contributed by atoms with van der Waals surface area (Å²) in [4.78, 5) is 2.70. The van der Waals surface area contributed by atoms with Crippen molar-refractivity contribution >= 4 is 106 Å². The average molecular weight is 1090 g/mol. The van der Waals surface area contributed by atoms with Gasteiger partial charge in [0.25, 0.3) is 6.71 Å². The first-order valence-electron chi connectivity index (χ1n) is 30.0. The molecule has 17 rings (SSSR count). The minimum Gasteiger partial charge on any atom is -0.310 e. The number of anilines is 3. The van der Waals surface area contributed by atoms with E-state index in [1.165, 1.54) is 143 Å². The Morgan fingerprint density at radius 2 is 0.776 bits per heavy atom. The van der Waals surface area contributed by atoms with Gasteiger partial charge in [0.15, 0.2) is 0 Å². The molecule has 3 aromatic heterocycles. The molecule has 5 heteroatoms. The van der Waals surface area contributed by atoms with E-state index in [1.54, 1.807) is 0 Å². The normalized spacial score (nSPS) is 13.0. The molecule has 0 bridgehead atoms. The quantitative estimate of drug-likeness (QED) is 0.152. The van der Waals surface area contributed by atoms with E-state index < -0.39 is 0 Å². The van der Waals surface area contributed by atoms with E-state index in [-0.39, 0.29) is 17.5 Å². The van der Waals surface area contributed by atoms with Crippen LogP contribution in [0.4, 0.5) is 17.1 Å². The van der Waals surface area contributed by atoms with E-state index in [0.717, 1.165) is 17.1 Å². The van der Waals surface area contributed by atoms with Crippen LogP contribution in [0.1, 0.15) is 52.7 Å². The first-order valence-corrected chi connectivity index (χ1v) is 30.0. The Morgan fingerprint density at radius 1 is 0.306 bits per heavy atom. The van der Waals surface area contributed by atoms with Crippen molar-refractivity contribution in [1.29, 1.82) is 0 Å². The first-order chi connectivity index (χ1) is 41.5. The number of fused-ring (bicyclic) bond motifs is 14. The predicted octanol–water partition coefficient (Wildman–Crippen LogP) is 19.2. The molecule has 4 nitrogen and oxygen atoms in total. The Morgan fingerprint density at radius 3 is 1.35 bits per heavy atom. The van der Waals surface area contributed by atoms with Crippen LogP contribution < -0.4 is 21.3 Å². The maximum atomic E-state index is 2.70. The molecule has 0 atom stereocenters. The van der Waals surface area contributed by atoms with E-state index in [0.29, 0.717) is 0 Å². The van der Waals surface area contributed by atoms with Gasteiger partial charge in [-0.15, -0.1) is 0 Å². The molecule has 0 saturated heterocycles. The maximum Gasteiger partial charge on any atom is 0.253 e. The SMILES string of the molecule is CC(C)(C)c1ccc(-c2cccc(-c3ccc(C(C)(C)C)cc3)c2N2c3cc4c5ccccc5n(-c5ccccc5)c4cc3B3c4c2ccc(-c2ccccc2)c4-n2c4ccccc4c4cc5c(c3c42)c2ccccc2n5-c2ccccc2)cc1. The number of nitrogens with zero attached hydrogens (tertiary/aromatic N) is 4. The fourth-order valence-electron chi connectivity index (χ4n) is 14.8. The predicted molar refractivity (Wildman–Crippen MR) is 363 cm³/mol. The Kier molecular flexibility index (Phi) is 10.6. The van der Waals surface area contributed by atoms with Crippen LogP contribution in [0.15, 0.2) is 261 Å². The Bertz CT molecular complexity index is 5150. The van der Waals surface area contributed by atoms with Gasteiger partial charge < -0.3 is 18.6 Å². The van der Waals surface area contributed by atoms with Gasteiger partial charge in [-0.3, -0.25) is 0 Å². The highest BCUT2D eigenvalue weighted by molar-refractivity contribution is 7.02. The van der Waals surface area contributed by atoms with E-state index in [9.17, 15) is 0 Å². The van der Waals surface area contributed by atoms with Gasteiger partial charge in [0.05, 0.1) is 44.5 Å². The van der Waals surface area contributed by atoms with Crippen LogP contribution >= 0.6 is 0 Å². The van der Waals surface area contributed by atoms with E-state index in [4.69, 9.17) is 0 Å². The summed E-state index contributed by atoms with van der Waals surface area (Å²) in [6, 6.07) is 98.9. The zero-order valence-corrected chi connectivity index (χ0v) is 48.7. The van der Waals surface area contributed by atoms with Crippen molar-refractivity contribution in [2.24, 2.45) is 0 Å². The number of hydrogen-bond acceptors (Lipinski definition) is 1. The number of benzene rings is 12. The fraction of sp³-hybridized carbons (Fsp3) is 0.100. The molecule has 0 aliphatic carbocycles. The molecule has 2 aliphatic heterocycles. The summed E-state index contributed by atoms with van der Waals surface area (Å²) < 4.78 is 7.71. The Balaban J connectivity index is 1.10. The molecular formula is C80H61BN4. The molecule has 0 radical (unpaired) electrons. The average Bonchev–Trinajstić information content (AvgIpc) is 1.64. The van der Waals surface area contributed by atoms with Crippen LogP contribution in [0, 0.1) is 0 Å². The summed E-state index contributed by atoms with van der Waals surface area (Å²) in [6.45, 7) is 13.6. The van der Waals surface area contributed by atoms with Crippen molar-refractivity contribution < 1.29 is 0 Å². The van der Waals surface area contributed by atoms with Crippen LogP contribution in [0.5, 0.6) is 0 Å². The zero-order chi connectivity index (χ0) is 57.0. The fourth-order valence-corrected chi connectivity index (χ4v) is 14.8. The summed E-state index contributed by atoms with van der Waals surface area (Å²) in [6.07, 6.45) is 0. The second-order valence-electron chi connectivity index (χ2n) is 25.6. The molecule has 2 aliphatic rings. The lowest BCUT2D eigenvalue weighted by Gasteiger charge is -2.42. The molecule has 0 amide bonds. The summed E-state index contributed by atoms with van der Waals surface area (Å²) >= 11 is 0. The molecule has 0 unspecified atom stereocenters. The van der Waals surface area contributed by atoms with Crippen LogP contribution in [0.3, 0.4) is 0 Å². The van der Waals surface area contributed by atoms with Gasteiger partial charge in [-0.05, 0) is 122 Å². The Hall–Kier alpha value is -10.1. The highest BCUT2D eigenvalue weighted by Crippen LogP contribution is 2.52. The third kappa shape index (κ3) is 7.23. The first kappa shape index (κ1) is 49.5. The molecule has 85 heavy (non-hydrogen) atoms. The van der Waals surface area contributed by atoms with Crippen molar-refractivity contribution in [3.8, 4) is 50.4 Å². The summed E-state index contributed by atoms with van der Waals surface area (Å²) in [5.74, 6) is 0.